The highest BCUT2D eigenvalue weighted by molar-refractivity contribution is 6.04. The van der Waals surface area contributed by atoms with Crippen LogP contribution in [0.5, 0.6) is 0 Å². The largest absolute Gasteiger partial charge is 0.468 e. The van der Waals surface area contributed by atoms with Crippen LogP contribution in [-0.4, -0.2) is 70.8 Å². The lowest BCUT2D eigenvalue weighted by Crippen LogP contribution is -2.37. The van der Waals surface area contributed by atoms with E-state index in [0.717, 1.165) is 24.0 Å². The SMILES string of the molecule is [C-]#[N+]c1c(C(=O)OC2C(C)CC(C)CC2C)c2nc(-c3ccc(C)cc3)[nH]n2c1CN(CC(=O)OC)CC(=O)OC. The highest BCUT2D eigenvalue weighted by Crippen LogP contribution is 2.38. The first-order valence-electron chi connectivity index (χ1n) is 13.7. The minimum atomic E-state index is -0.618. The van der Waals surface area contributed by atoms with Gasteiger partial charge in [-0.3, -0.25) is 24.1 Å². The lowest BCUT2D eigenvalue weighted by Gasteiger charge is -2.37. The number of aromatic amines is 1. The molecule has 1 aliphatic carbocycles. The van der Waals surface area contributed by atoms with E-state index in [1.54, 1.807) is 4.52 Å². The molecule has 1 N–H and O–H groups in total. The fraction of sp³-hybridized carbons (Fsp3) is 0.500. The molecular weight excluding hydrogens is 526 g/mol. The molecular formula is C30H37N5O6. The molecule has 0 saturated heterocycles. The van der Waals surface area contributed by atoms with Crippen molar-refractivity contribution in [2.24, 2.45) is 17.8 Å². The van der Waals surface area contributed by atoms with Crippen LogP contribution in [0.2, 0.25) is 0 Å². The second-order valence-corrected chi connectivity index (χ2v) is 11.1. The lowest BCUT2D eigenvalue weighted by molar-refractivity contribution is -0.145. The Morgan fingerprint density at radius 3 is 2.17 bits per heavy atom. The molecule has 218 valence electrons. The number of carbonyl (C=O) groups excluding carboxylic acids is 3. The Hall–Kier alpha value is -4.17. The number of nitrogens with zero attached hydrogens (tertiary/aromatic N) is 4. The molecule has 1 aromatic carbocycles. The average Bonchev–Trinajstić information content (AvgIpc) is 3.48. The summed E-state index contributed by atoms with van der Waals surface area (Å²) in [4.78, 5) is 48.1. The van der Waals surface area contributed by atoms with Gasteiger partial charge in [0.1, 0.15) is 11.7 Å². The molecule has 2 heterocycles. The van der Waals surface area contributed by atoms with Crippen molar-refractivity contribution in [3.8, 4) is 11.4 Å². The van der Waals surface area contributed by atoms with Crippen molar-refractivity contribution in [3.63, 3.8) is 0 Å². The van der Waals surface area contributed by atoms with Crippen molar-refractivity contribution >= 4 is 29.2 Å². The van der Waals surface area contributed by atoms with Crippen molar-refractivity contribution in [1.29, 1.82) is 0 Å². The molecule has 0 radical (unpaired) electrons. The molecule has 1 aliphatic rings. The maximum absolute atomic E-state index is 13.8. The minimum Gasteiger partial charge on any atom is -0.468 e. The van der Waals surface area contributed by atoms with Crippen molar-refractivity contribution in [1.82, 2.24) is 19.5 Å². The average molecular weight is 564 g/mol. The standard InChI is InChI=1S/C30H37N5O6/c1-17-8-10-21(11-9-17)28-32-29-25(30(38)41-27-19(3)12-18(2)13-20(27)4)26(31-5)22(35(29)33-28)14-34(15-23(36)39-6)16-24(37)40-7/h8-11,18-20,27H,12-16H2,1-4,6-7H3,(H,32,33). The monoisotopic (exact) mass is 563 g/mol. The number of esters is 3. The summed E-state index contributed by atoms with van der Waals surface area (Å²) in [6.45, 7) is 15.9. The van der Waals surface area contributed by atoms with E-state index in [0.29, 0.717) is 17.4 Å². The Morgan fingerprint density at radius 1 is 1.05 bits per heavy atom. The van der Waals surface area contributed by atoms with Gasteiger partial charge in [-0.2, -0.15) is 0 Å². The van der Waals surface area contributed by atoms with E-state index in [4.69, 9.17) is 25.8 Å². The van der Waals surface area contributed by atoms with Crippen LogP contribution >= 0.6 is 0 Å². The van der Waals surface area contributed by atoms with Crippen LogP contribution in [0.4, 0.5) is 5.69 Å². The number of carbonyl (C=O) groups is 3. The third-order valence-electron chi connectivity index (χ3n) is 7.74. The highest BCUT2D eigenvalue weighted by Gasteiger charge is 2.37. The predicted molar refractivity (Wildman–Crippen MR) is 151 cm³/mol. The summed E-state index contributed by atoms with van der Waals surface area (Å²) >= 11 is 0. The van der Waals surface area contributed by atoms with Crippen molar-refractivity contribution in [2.75, 3.05) is 27.3 Å². The number of aromatic nitrogens is 3. The molecule has 11 heteroatoms. The molecule has 41 heavy (non-hydrogen) atoms. The van der Waals surface area contributed by atoms with Gasteiger partial charge in [-0.05, 0) is 37.5 Å². The van der Waals surface area contributed by atoms with Gasteiger partial charge in [0.05, 0.1) is 39.6 Å². The molecule has 1 fully saturated rings. The summed E-state index contributed by atoms with van der Waals surface area (Å²) in [7, 11) is 2.51. The zero-order chi connectivity index (χ0) is 29.8. The van der Waals surface area contributed by atoms with Gasteiger partial charge in [-0.25, -0.2) is 14.6 Å². The van der Waals surface area contributed by atoms with Gasteiger partial charge in [-0.15, -0.1) is 0 Å². The van der Waals surface area contributed by atoms with Crippen molar-refractivity contribution in [3.05, 3.63) is 52.5 Å². The van der Waals surface area contributed by atoms with Crippen molar-refractivity contribution < 1.29 is 28.6 Å². The van der Waals surface area contributed by atoms with Gasteiger partial charge >= 0.3 is 17.9 Å². The number of rotatable bonds is 9. The third-order valence-corrected chi connectivity index (χ3v) is 7.74. The van der Waals surface area contributed by atoms with E-state index in [9.17, 15) is 14.4 Å². The molecule has 4 rings (SSSR count). The quantitative estimate of drug-likeness (QED) is 0.229. The van der Waals surface area contributed by atoms with E-state index in [1.807, 2.05) is 31.2 Å². The van der Waals surface area contributed by atoms with Gasteiger partial charge in [-0.1, -0.05) is 50.6 Å². The molecule has 2 atom stereocenters. The van der Waals surface area contributed by atoms with Crippen LogP contribution in [0.15, 0.2) is 24.3 Å². The molecule has 0 aliphatic heterocycles. The number of hydrogen-bond donors (Lipinski definition) is 1. The maximum Gasteiger partial charge on any atom is 0.331 e. The summed E-state index contributed by atoms with van der Waals surface area (Å²) in [5.74, 6) is -0.370. The normalized spacial score (nSPS) is 20.5. The molecule has 3 aromatic rings. The Kier molecular flexibility index (Phi) is 9.13. The summed E-state index contributed by atoms with van der Waals surface area (Å²) in [5, 5.41) is 3.21. The number of benzene rings is 1. The molecule has 2 aromatic heterocycles. The number of H-pyrrole nitrogens is 1. The lowest BCUT2D eigenvalue weighted by atomic mass is 9.75. The number of aryl methyl sites for hydroxylation is 1. The Labute approximate surface area is 239 Å². The van der Waals surface area contributed by atoms with Crippen LogP contribution in [0.3, 0.4) is 0 Å². The Balaban J connectivity index is 1.81. The van der Waals surface area contributed by atoms with Crippen LogP contribution in [0.25, 0.3) is 21.9 Å². The zero-order valence-electron chi connectivity index (χ0n) is 24.4. The van der Waals surface area contributed by atoms with E-state index in [-0.39, 0.29) is 54.5 Å². The molecule has 1 saturated carbocycles. The number of ether oxygens (including phenoxy) is 3. The second-order valence-electron chi connectivity index (χ2n) is 11.1. The zero-order valence-corrected chi connectivity index (χ0v) is 24.4. The van der Waals surface area contributed by atoms with E-state index < -0.39 is 17.9 Å². The smallest absolute Gasteiger partial charge is 0.331 e. The fourth-order valence-corrected chi connectivity index (χ4v) is 5.84. The fourth-order valence-electron chi connectivity index (χ4n) is 5.84. The van der Waals surface area contributed by atoms with Gasteiger partial charge < -0.3 is 14.2 Å². The third kappa shape index (κ3) is 6.43. The van der Waals surface area contributed by atoms with Gasteiger partial charge in [0, 0.05) is 12.1 Å². The summed E-state index contributed by atoms with van der Waals surface area (Å²) < 4.78 is 17.3. The van der Waals surface area contributed by atoms with Crippen LogP contribution in [0.1, 0.15) is 55.2 Å². The summed E-state index contributed by atoms with van der Waals surface area (Å²) in [5.41, 5.74) is 2.58. The molecule has 0 bridgehead atoms. The van der Waals surface area contributed by atoms with E-state index >= 15 is 0 Å². The van der Waals surface area contributed by atoms with Crippen LogP contribution in [0, 0.1) is 31.2 Å². The maximum atomic E-state index is 13.8. The first kappa shape index (κ1) is 29.8. The first-order chi connectivity index (χ1) is 19.6. The minimum absolute atomic E-state index is 0.0420. The number of methoxy groups -OCH3 is 2. The number of hydrogen-bond acceptors (Lipinski definition) is 8. The van der Waals surface area contributed by atoms with Gasteiger partial charge in [0.15, 0.2) is 11.5 Å². The van der Waals surface area contributed by atoms with Crippen LogP contribution in [-0.2, 0) is 30.3 Å². The molecule has 11 nitrogen and oxygen atoms in total. The Morgan fingerprint density at radius 2 is 1.63 bits per heavy atom. The first-order valence-corrected chi connectivity index (χ1v) is 13.7. The summed E-state index contributed by atoms with van der Waals surface area (Å²) in [6, 6.07) is 7.73. The van der Waals surface area contributed by atoms with Crippen molar-refractivity contribution in [2.45, 2.75) is 53.2 Å². The van der Waals surface area contributed by atoms with E-state index in [2.05, 4.69) is 30.7 Å². The molecule has 0 spiro atoms. The van der Waals surface area contributed by atoms with Gasteiger partial charge in [0.25, 0.3) is 0 Å². The summed E-state index contributed by atoms with van der Waals surface area (Å²) in [6.07, 6.45) is 1.61. The van der Waals surface area contributed by atoms with Gasteiger partial charge in [0.2, 0.25) is 5.69 Å². The molecule has 2 unspecified atom stereocenters. The van der Waals surface area contributed by atoms with Crippen LogP contribution < -0.4 is 0 Å². The predicted octanol–water partition coefficient (Wildman–Crippen LogP) is 4.56. The number of nitrogens with one attached hydrogen (secondary N) is 1. The van der Waals surface area contributed by atoms with E-state index in [1.165, 1.54) is 19.1 Å². The Bertz CT molecular complexity index is 1440. The molecule has 0 amide bonds. The topological polar surface area (TPSA) is 120 Å². The second kappa shape index (κ2) is 12.6. The highest BCUT2D eigenvalue weighted by atomic mass is 16.5. The number of fused-ring (bicyclic) bond motifs is 1.